The van der Waals surface area contributed by atoms with Crippen LogP contribution in [0.4, 0.5) is 4.79 Å². The Balaban J connectivity index is 3.81. The van der Waals surface area contributed by atoms with Crippen LogP contribution in [0.3, 0.4) is 0 Å². The van der Waals surface area contributed by atoms with E-state index in [-0.39, 0.29) is 18.0 Å². The van der Waals surface area contributed by atoms with E-state index in [1.54, 1.807) is 18.9 Å². The number of carbonyl (C=O) groups is 2. The fourth-order valence-corrected chi connectivity index (χ4v) is 1.74. The normalized spacial score (nSPS) is 13.7. The molecule has 0 aliphatic carbocycles. The predicted molar refractivity (Wildman–Crippen MR) is 76.2 cm³/mol. The molecule has 0 aliphatic heterocycles. The maximum atomic E-state index is 11.8. The molecule has 0 aromatic rings. The van der Waals surface area contributed by atoms with Gasteiger partial charge in [-0.2, -0.15) is 0 Å². The van der Waals surface area contributed by atoms with Crippen molar-refractivity contribution in [3.8, 4) is 0 Å². The molecule has 0 saturated carbocycles. The summed E-state index contributed by atoms with van der Waals surface area (Å²) in [6, 6.07) is 0.0322. The fraction of sp³-hybridized carbons (Fsp3) is 0.857. The molecule has 0 fully saturated rings. The van der Waals surface area contributed by atoms with E-state index in [1.807, 2.05) is 6.92 Å². The monoisotopic (exact) mass is 272 g/mol. The summed E-state index contributed by atoms with van der Waals surface area (Å²) in [7, 11) is 1.80. The van der Waals surface area contributed by atoms with Crippen LogP contribution in [-0.4, -0.2) is 41.6 Å². The molecule has 0 bridgehead atoms. The molecule has 19 heavy (non-hydrogen) atoms. The number of aliphatic carboxylic acids is 1. The second-order valence-corrected chi connectivity index (χ2v) is 5.30. The van der Waals surface area contributed by atoms with Crippen molar-refractivity contribution in [2.24, 2.45) is 5.92 Å². The minimum atomic E-state index is -0.754. The van der Waals surface area contributed by atoms with Crippen molar-refractivity contribution in [3.05, 3.63) is 0 Å². The molecule has 2 unspecified atom stereocenters. The second kappa shape index (κ2) is 9.64. The summed E-state index contributed by atoms with van der Waals surface area (Å²) in [5.41, 5.74) is 0. The summed E-state index contributed by atoms with van der Waals surface area (Å²) in [4.78, 5) is 24.1. The molecule has 0 aliphatic rings. The number of carboxylic acid groups (broad SMARTS) is 1. The smallest absolute Gasteiger partial charge is 0.317 e. The highest BCUT2D eigenvalue weighted by Crippen LogP contribution is 2.09. The third-order valence-corrected chi connectivity index (χ3v) is 3.26. The number of rotatable bonds is 9. The van der Waals surface area contributed by atoms with Gasteiger partial charge in [0.1, 0.15) is 0 Å². The third-order valence-electron chi connectivity index (χ3n) is 3.26. The number of urea groups is 1. The molecule has 112 valence electrons. The third kappa shape index (κ3) is 8.46. The van der Waals surface area contributed by atoms with E-state index in [9.17, 15) is 9.59 Å². The Morgan fingerprint density at radius 2 is 1.84 bits per heavy atom. The number of amides is 2. The van der Waals surface area contributed by atoms with Crippen LogP contribution in [0.5, 0.6) is 0 Å². The van der Waals surface area contributed by atoms with Gasteiger partial charge in [-0.15, -0.1) is 0 Å². The van der Waals surface area contributed by atoms with Gasteiger partial charge >= 0.3 is 12.0 Å². The summed E-state index contributed by atoms with van der Waals surface area (Å²) in [6.07, 6.45) is 4.36. The lowest BCUT2D eigenvalue weighted by Gasteiger charge is -2.21. The first-order valence-corrected chi connectivity index (χ1v) is 7.12. The molecule has 0 aromatic carbocycles. The zero-order valence-electron chi connectivity index (χ0n) is 12.6. The standard InChI is InChI=1S/C14H28N2O3/c1-5-6-10-16(4)14(19)15-12(3)9-7-8-11(2)13(17)18/h11-12H,5-10H2,1-4H3,(H,15,19)(H,17,18). The van der Waals surface area contributed by atoms with E-state index in [4.69, 9.17) is 5.11 Å². The average Bonchev–Trinajstić information content (AvgIpc) is 2.35. The highest BCUT2D eigenvalue weighted by atomic mass is 16.4. The van der Waals surface area contributed by atoms with Crippen LogP contribution in [0.1, 0.15) is 52.9 Å². The van der Waals surface area contributed by atoms with Crippen molar-refractivity contribution >= 4 is 12.0 Å². The van der Waals surface area contributed by atoms with Crippen molar-refractivity contribution in [1.29, 1.82) is 0 Å². The summed E-state index contributed by atoms with van der Waals surface area (Å²) >= 11 is 0. The van der Waals surface area contributed by atoms with Gasteiger partial charge in [0.15, 0.2) is 0 Å². The molecule has 0 rings (SSSR count). The Bertz CT molecular complexity index is 282. The molecule has 0 saturated heterocycles. The van der Waals surface area contributed by atoms with Crippen molar-refractivity contribution in [3.63, 3.8) is 0 Å². The Morgan fingerprint density at radius 1 is 1.21 bits per heavy atom. The molecule has 2 N–H and O–H groups in total. The summed E-state index contributed by atoms with van der Waals surface area (Å²) in [6.45, 7) is 6.53. The Labute approximate surface area is 116 Å². The van der Waals surface area contributed by atoms with E-state index >= 15 is 0 Å². The minimum Gasteiger partial charge on any atom is -0.481 e. The van der Waals surface area contributed by atoms with E-state index < -0.39 is 5.97 Å². The van der Waals surface area contributed by atoms with E-state index in [0.717, 1.165) is 32.2 Å². The lowest BCUT2D eigenvalue weighted by molar-refractivity contribution is -0.141. The maximum absolute atomic E-state index is 11.8. The lowest BCUT2D eigenvalue weighted by atomic mass is 10.0. The molecular weight excluding hydrogens is 244 g/mol. The maximum Gasteiger partial charge on any atom is 0.317 e. The van der Waals surface area contributed by atoms with Gasteiger partial charge in [0.25, 0.3) is 0 Å². The molecule has 2 atom stereocenters. The molecule has 0 spiro atoms. The van der Waals surface area contributed by atoms with Gasteiger partial charge in [0, 0.05) is 19.6 Å². The average molecular weight is 272 g/mol. The van der Waals surface area contributed by atoms with Crippen molar-refractivity contribution in [2.75, 3.05) is 13.6 Å². The Kier molecular flexibility index (Phi) is 9.00. The summed E-state index contributed by atoms with van der Waals surface area (Å²) in [5, 5.41) is 11.7. The van der Waals surface area contributed by atoms with E-state index in [0.29, 0.717) is 6.42 Å². The highest BCUT2D eigenvalue weighted by molar-refractivity contribution is 5.74. The molecule has 5 nitrogen and oxygen atoms in total. The van der Waals surface area contributed by atoms with E-state index in [2.05, 4.69) is 12.2 Å². The lowest BCUT2D eigenvalue weighted by Crippen LogP contribution is -2.42. The SMILES string of the molecule is CCCCN(C)C(=O)NC(C)CCCC(C)C(=O)O. The highest BCUT2D eigenvalue weighted by Gasteiger charge is 2.13. The number of nitrogens with one attached hydrogen (secondary N) is 1. The Hall–Kier alpha value is -1.26. The van der Waals surface area contributed by atoms with Crippen LogP contribution in [-0.2, 0) is 4.79 Å². The minimum absolute atomic E-state index is 0.0489. The van der Waals surface area contributed by atoms with Gasteiger partial charge in [-0.25, -0.2) is 4.79 Å². The predicted octanol–water partition coefficient (Wildman–Crippen LogP) is 2.71. The zero-order chi connectivity index (χ0) is 14.8. The van der Waals surface area contributed by atoms with Crippen molar-refractivity contribution in [1.82, 2.24) is 10.2 Å². The summed E-state index contributed by atoms with van der Waals surface area (Å²) in [5.74, 6) is -1.06. The van der Waals surface area contributed by atoms with Crippen LogP contribution in [0.2, 0.25) is 0 Å². The van der Waals surface area contributed by atoms with Gasteiger partial charge in [0.2, 0.25) is 0 Å². The number of unbranched alkanes of at least 4 members (excludes halogenated alkanes) is 1. The van der Waals surface area contributed by atoms with Gasteiger partial charge in [-0.3, -0.25) is 4.79 Å². The Morgan fingerprint density at radius 3 is 2.37 bits per heavy atom. The number of hydrogen-bond acceptors (Lipinski definition) is 2. The molecular formula is C14H28N2O3. The quantitative estimate of drug-likeness (QED) is 0.678. The van der Waals surface area contributed by atoms with Crippen molar-refractivity contribution in [2.45, 2.75) is 58.9 Å². The molecule has 0 heterocycles. The first kappa shape index (κ1) is 17.7. The van der Waals surface area contributed by atoms with Gasteiger partial charge < -0.3 is 15.3 Å². The topological polar surface area (TPSA) is 69.6 Å². The molecule has 2 amide bonds. The number of nitrogens with zero attached hydrogens (tertiary/aromatic N) is 1. The van der Waals surface area contributed by atoms with Gasteiger partial charge in [-0.05, 0) is 26.2 Å². The first-order chi connectivity index (χ1) is 8.88. The van der Waals surface area contributed by atoms with Crippen LogP contribution in [0.25, 0.3) is 0 Å². The van der Waals surface area contributed by atoms with Crippen LogP contribution in [0.15, 0.2) is 0 Å². The largest absolute Gasteiger partial charge is 0.481 e. The van der Waals surface area contributed by atoms with Crippen molar-refractivity contribution < 1.29 is 14.7 Å². The van der Waals surface area contributed by atoms with Crippen LogP contribution < -0.4 is 5.32 Å². The van der Waals surface area contributed by atoms with Gasteiger partial charge in [0.05, 0.1) is 5.92 Å². The molecule has 5 heteroatoms. The number of hydrogen-bond donors (Lipinski definition) is 2. The molecule has 0 radical (unpaired) electrons. The van der Waals surface area contributed by atoms with Gasteiger partial charge in [-0.1, -0.05) is 26.7 Å². The second-order valence-electron chi connectivity index (χ2n) is 5.30. The summed E-state index contributed by atoms with van der Waals surface area (Å²) < 4.78 is 0. The fourth-order valence-electron chi connectivity index (χ4n) is 1.74. The first-order valence-electron chi connectivity index (χ1n) is 7.12. The number of carboxylic acids is 1. The van der Waals surface area contributed by atoms with Crippen LogP contribution >= 0.6 is 0 Å². The molecule has 0 aromatic heterocycles. The van der Waals surface area contributed by atoms with Crippen LogP contribution in [0, 0.1) is 5.92 Å². The van der Waals surface area contributed by atoms with E-state index in [1.165, 1.54) is 0 Å². The number of carbonyl (C=O) groups excluding carboxylic acids is 1. The zero-order valence-corrected chi connectivity index (χ0v) is 12.6.